The maximum atomic E-state index is 11.4. The fourth-order valence-corrected chi connectivity index (χ4v) is 3.88. The van der Waals surface area contributed by atoms with Gasteiger partial charge in [-0.15, -0.1) is 0 Å². The topological polar surface area (TPSA) is 271 Å². The molecule has 1 rings (SSSR count). The Kier molecular flexibility index (Phi) is 30.8. The molecule has 1 aromatic rings. The van der Waals surface area contributed by atoms with Gasteiger partial charge in [-0.1, -0.05) is 0 Å². The van der Waals surface area contributed by atoms with Gasteiger partial charge in [-0.25, -0.2) is 4.79 Å². The average Bonchev–Trinajstić information content (AvgIpc) is 3.16. The first-order chi connectivity index (χ1) is 26.7. The molecule has 0 amide bonds. The van der Waals surface area contributed by atoms with Gasteiger partial charge in [-0.05, 0) is 6.07 Å². The van der Waals surface area contributed by atoms with Crippen molar-refractivity contribution < 1.29 is 81.4 Å². The molecule has 0 aliphatic rings. The molecule has 22 heteroatoms. The third-order valence-corrected chi connectivity index (χ3v) is 6.58. The first kappa shape index (κ1) is 49.0. The van der Waals surface area contributed by atoms with E-state index in [-0.39, 0.29) is 49.8 Å². The van der Waals surface area contributed by atoms with Gasteiger partial charge in [0.05, 0.1) is 154 Å². The third-order valence-electron chi connectivity index (χ3n) is 6.58. The van der Waals surface area contributed by atoms with Gasteiger partial charge in [-0.3, -0.25) is 29.8 Å². The quantitative estimate of drug-likeness (QED) is 0.0309. The van der Waals surface area contributed by atoms with Crippen molar-refractivity contribution in [2.45, 2.75) is 12.8 Å². The van der Waals surface area contributed by atoms with E-state index in [0.29, 0.717) is 119 Å². The van der Waals surface area contributed by atoms with Crippen LogP contribution < -0.4 is 5.32 Å². The number of hydrogen-bond acceptors (Lipinski definition) is 19. The smallest absolute Gasteiger partial charge is 0.372 e. The van der Waals surface area contributed by atoms with Crippen LogP contribution in [0.5, 0.6) is 0 Å². The summed E-state index contributed by atoms with van der Waals surface area (Å²) in [5.41, 5.74) is -0.560. The zero-order chi connectivity index (χ0) is 40.2. The number of anilines is 1. The van der Waals surface area contributed by atoms with Crippen molar-refractivity contribution in [3.63, 3.8) is 0 Å². The number of nitro benzene ring substituents is 2. The van der Waals surface area contributed by atoms with Gasteiger partial charge >= 0.3 is 11.9 Å². The lowest BCUT2D eigenvalue weighted by molar-refractivity contribution is -0.393. The number of hydrogen-bond donors (Lipinski definition) is 2. The molecule has 22 nitrogen and oxygen atoms in total. The number of carbonyl (C=O) groups excluding carboxylic acids is 2. The molecular weight excluding hydrogens is 742 g/mol. The number of ketones is 1. The summed E-state index contributed by atoms with van der Waals surface area (Å²) >= 11 is 0. The summed E-state index contributed by atoms with van der Waals surface area (Å²) in [6.45, 7) is 7.78. The lowest BCUT2D eigenvalue weighted by atomic mass is 10.2. The van der Waals surface area contributed by atoms with E-state index in [0.717, 1.165) is 6.07 Å². The first-order valence-corrected chi connectivity index (χ1v) is 17.6. The molecular formula is C33H53N3O19. The summed E-state index contributed by atoms with van der Waals surface area (Å²) in [5.74, 6) is -3.27. The number of carboxylic acids is 1. The summed E-state index contributed by atoms with van der Waals surface area (Å²) in [7, 11) is 0. The van der Waals surface area contributed by atoms with Gasteiger partial charge in [-0.2, -0.15) is 0 Å². The SMILES string of the molecule is O=C(CCC(=O)C(=O)O)OCCOCCOCCOCCOCCOCCOCCOCCOCCOCCOCCNc1ccc([N+](=O)[O-])cc1[N+](=O)[O-]. The Hall–Kier alpha value is -3.97. The van der Waals surface area contributed by atoms with Gasteiger partial charge in [0.2, 0.25) is 5.78 Å². The minimum absolute atomic E-state index is 0.00169. The van der Waals surface area contributed by atoms with Gasteiger partial charge in [0, 0.05) is 19.0 Å². The molecule has 0 heterocycles. The van der Waals surface area contributed by atoms with Crippen molar-refractivity contribution >= 4 is 34.8 Å². The highest BCUT2D eigenvalue weighted by Crippen LogP contribution is 2.28. The first-order valence-electron chi connectivity index (χ1n) is 17.6. The number of non-ortho nitro benzene ring substituents is 1. The monoisotopic (exact) mass is 795 g/mol. The summed E-state index contributed by atoms with van der Waals surface area (Å²) in [6.07, 6.45) is -0.686. The molecule has 0 aliphatic heterocycles. The number of nitrogens with zero attached hydrogens (tertiary/aromatic N) is 2. The number of benzene rings is 1. The molecule has 1 aromatic carbocycles. The van der Waals surface area contributed by atoms with Crippen LogP contribution in [0, 0.1) is 20.2 Å². The third kappa shape index (κ3) is 29.1. The Bertz CT molecular complexity index is 1210. The molecule has 0 aromatic heterocycles. The lowest BCUT2D eigenvalue weighted by Crippen LogP contribution is -2.17. The summed E-state index contributed by atoms with van der Waals surface area (Å²) in [5, 5.41) is 33.2. The van der Waals surface area contributed by atoms with Crippen molar-refractivity contribution in [3.8, 4) is 0 Å². The standard InChI is InChI=1S/C33H53N3O19/c37-31(33(39)40)3-4-32(38)55-26-25-54-24-23-53-22-21-52-20-19-51-18-17-50-16-15-49-14-13-48-12-11-47-10-9-46-8-7-45-6-5-34-29-2-1-28(35(41)42)27-30(29)36(43)44/h1-2,27,34H,3-26H2,(H,39,40). The Labute approximate surface area is 318 Å². The van der Waals surface area contributed by atoms with Crippen LogP contribution in [-0.4, -0.2) is 178 Å². The fourth-order valence-electron chi connectivity index (χ4n) is 3.88. The predicted molar refractivity (Wildman–Crippen MR) is 189 cm³/mol. The molecule has 2 N–H and O–H groups in total. The lowest BCUT2D eigenvalue weighted by Gasteiger charge is -2.09. The molecule has 0 spiro atoms. The van der Waals surface area contributed by atoms with E-state index < -0.39 is 34.0 Å². The molecule has 55 heavy (non-hydrogen) atoms. The molecule has 0 aliphatic carbocycles. The molecule has 0 saturated carbocycles. The van der Waals surface area contributed by atoms with Gasteiger partial charge < -0.3 is 62.5 Å². The van der Waals surface area contributed by atoms with E-state index in [1.165, 1.54) is 12.1 Å². The number of ether oxygens (including phenoxy) is 11. The summed E-state index contributed by atoms with van der Waals surface area (Å²) in [4.78, 5) is 53.2. The molecule has 0 unspecified atom stereocenters. The molecule has 314 valence electrons. The fraction of sp³-hybridized carbons (Fsp3) is 0.727. The maximum absolute atomic E-state index is 11.4. The number of carbonyl (C=O) groups is 3. The number of esters is 1. The number of nitro groups is 2. The zero-order valence-electron chi connectivity index (χ0n) is 30.9. The van der Waals surface area contributed by atoms with Crippen molar-refractivity contribution in [2.75, 3.05) is 151 Å². The van der Waals surface area contributed by atoms with Crippen molar-refractivity contribution in [1.29, 1.82) is 0 Å². The van der Waals surface area contributed by atoms with E-state index >= 15 is 0 Å². The van der Waals surface area contributed by atoms with Crippen molar-refractivity contribution in [3.05, 3.63) is 38.4 Å². The van der Waals surface area contributed by atoms with Crippen LogP contribution in [0.25, 0.3) is 0 Å². The number of nitrogens with one attached hydrogen (secondary N) is 1. The van der Waals surface area contributed by atoms with Crippen LogP contribution in [0.3, 0.4) is 0 Å². The average molecular weight is 796 g/mol. The van der Waals surface area contributed by atoms with Crippen LogP contribution in [0.1, 0.15) is 12.8 Å². The minimum atomic E-state index is -1.57. The Morgan fingerprint density at radius 3 is 1.24 bits per heavy atom. The van der Waals surface area contributed by atoms with E-state index in [4.69, 9.17) is 57.2 Å². The highest BCUT2D eigenvalue weighted by Gasteiger charge is 2.19. The second-order valence-corrected chi connectivity index (χ2v) is 10.7. The zero-order valence-corrected chi connectivity index (χ0v) is 30.9. The van der Waals surface area contributed by atoms with Crippen molar-refractivity contribution in [1.82, 2.24) is 0 Å². The van der Waals surface area contributed by atoms with Crippen LogP contribution in [0.15, 0.2) is 18.2 Å². The number of rotatable bonds is 40. The Morgan fingerprint density at radius 2 is 0.891 bits per heavy atom. The van der Waals surface area contributed by atoms with Crippen molar-refractivity contribution in [2.24, 2.45) is 0 Å². The van der Waals surface area contributed by atoms with E-state index in [1.54, 1.807) is 0 Å². The number of carboxylic acid groups (broad SMARTS) is 1. The second-order valence-electron chi connectivity index (χ2n) is 10.7. The van der Waals surface area contributed by atoms with Crippen LogP contribution in [0.4, 0.5) is 17.1 Å². The normalized spacial score (nSPS) is 11.1. The highest BCUT2D eigenvalue weighted by atomic mass is 16.6. The van der Waals surface area contributed by atoms with Gasteiger partial charge in [0.15, 0.2) is 0 Å². The van der Waals surface area contributed by atoms with E-state index in [2.05, 4.69) is 5.32 Å². The van der Waals surface area contributed by atoms with Crippen LogP contribution >= 0.6 is 0 Å². The van der Waals surface area contributed by atoms with Gasteiger partial charge in [0.1, 0.15) is 12.3 Å². The van der Waals surface area contributed by atoms with Crippen LogP contribution in [-0.2, 0) is 66.5 Å². The largest absolute Gasteiger partial charge is 0.476 e. The summed E-state index contributed by atoms with van der Waals surface area (Å²) < 4.78 is 58.9. The summed E-state index contributed by atoms with van der Waals surface area (Å²) in [6, 6.07) is 3.40. The van der Waals surface area contributed by atoms with Gasteiger partial charge in [0.25, 0.3) is 11.4 Å². The maximum Gasteiger partial charge on any atom is 0.372 e. The second kappa shape index (κ2) is 34.5. The highest BCUT2D eigenvalue weighted by molar-refractivity contribution is 6.32. The molecule has 0 saturated heterocycles. The Balaban J connectivity index is 1.72. The molecule has 0 bridgehead atoms. The van der Waals surface area contributed by atoms with Crippen LogP contribution in [0.2, 0.25) is 0 Å². The molecule has 0 fully saturated rings. The predicted octanol–water partition coefficient (Wildman–Crippen LogP) is 1.06. The molecule has 0 atom stereocenters. The Morgan fingerprint density at radius 1 is 0.527 bits per heavy atom. The van der Waals surface area contributed by atoms with E-state index in [9.17, 15) is 34.6 Å². The number of Topliss-reactive ketones (excluding diaryl/α,β-unsaturated/α-hetero) is 1. The number of aliphatic carboxylic acids is 1. The molecule has 0 radical (unpaired) electrons. The minimum Gasteiger partial charge on any atom is -0.476 e. The van der Waals surface area contributed by atoms with E-state index in [1.807, 2.05) is 0 Å².